The van der Waals surface area contributed by atoms with Gasteiger partial charge < -0.3 is 9.47 Å². The van der Waals surface area contributed by atoms with Gasteiger partial charge in [-0.05, 0) is 26.0 Å². The van der Waals surface area contributed by atoms with Gasteiger partial charge in [-0.1, -0.05) is 69.6 Å². The summed E-state index contributed by atoms with van der Waals surface area (Å²) < 4.78 is 6.47. The minimum absolute atomic E-state index is 0.00832. The van der Waals surface area contributed by atoms with Crippen LogP contribution >= 0.6 is 69.6 Å². The quantitative estimate of drug-likeness (QED) is 0.351. The Bertz CT molecular complexity index is 618. The zero-order chi connectivity index (χ0) is 18.0. The van der Waals surface area contributed by atoms with Crippen molar-refractivity contribution >= 4 is 81.5 Å². The van der Waals surface area contributed by atoms with Gasteiger partial charge in [-0.25, -0.2) is 9.59 Å². The maximum absolute atomic E-state index is 11.8. The van der Waals surface area contributed by atoms with Crippen LogP contribution in [0.4, 0.5) is 0 Å². The van der Waals surface area contributed by atoms with Crippen molar-refractivity contribution in [1.29, 1.82) is 0 Å². The Kier molecular flexibility index (Phi) is 7.15. The number of benzene rings is 1. The fraction of sp³-hybridized carbons (Fsp3) is 0.385. The lowest BCUT2D eigenvalue weighted by Crippen LogP contribution is -2.28. The molecule has 0 radical (unpaired) electrons. The van der Waals surface area contributed by atoms with Crippen LogP contribution in [0.25, 0.3) is 0 Å². The fourth-order valence-corrected chi connectivity index (χ4v) is 2.05. The van der Waals surface area contributed by atoms with E-state index in [4.69, 9.17) is 79.1 Å². The number of halogens is 6. The second-order valence-corrected chi connectivity index (χ2v) is 8.87. The van der Waals surface area contributed by atoms with E-state index in [-0.39, 0.29) is 28.0 Å². The molecule has 10 heteroatoms. The number of rotatable bonds is 5. The summed E-state index contributed by atoms with van der Waals surface area (Å²) in [7, 11) is 0. The molecule has 0 spiro atoms. The van der Waals surface area contributed by atoms with Crippen molar-refractivity contribution in [2.24, 2.45) is 0 Å². The smallest absolute Gasteiger partial charge is 0.347 e. The Morgan fingerprint density at radius 1 is 1.00 bits per heavy atom. The third kappa shape index (κ3) is 6.37. The van der Waals surface area contributed by atoms with Crippen molar-refractivity contribution < 1.29 is 19.1 Å². The third-order valence-corrected chi connectivity index (χ3v) is 3.47. The molecule has 0 unspecified atom stereocenters. The predicted molar refractivity (Wildman–Crippen MR) is 92.1 cm³/mol. The SMILES string of the molecule is CC(Cl)(Cl)C(=O)OCc1cc(Cl)cc(Cl)c1OC(=O)C(C)(Cl)Cl. The molecule has 0 saturated carbocycles. The molecule has 1 rings (SSSR count). The van der Waals surface area contributed by atoms with E-state index in [1.165, 1.54) is 26.0 Å². The van der Waals surface area contributed by atoms with Crippen LogP contribution < -0.4 is 4.74 Å². The Morgan fingerprint density at radius 3 is 2.00 bits per heavy atom. The van der Waals surface area contributed by atoms with Crippen LogP contribution in [0.15, 0.2) is 12.1 Å². The Hall–Kier alpha value is -0.100. The molecule has 0 aromatic heterocycles. The molecule has 1 aromatic carbocycles. The number of carbonyl (C=O) groups is 2. The second-order valence-electron chi connectivity index (χ2n) is 4.62. The molecular formula is C13H10Cl6O4. The standard InChI is InChI=1S/C13H10Cl6O4/c1-12(16,17)10(20)22-5-6-3-7(14)4-8(15)9(6)23-11(21)13(2,18)19/h3-4H,5H2,1-2H3. The van der Waals surface area contributed by atoms with Crippen LogP contribution in [0.5, 0.6) is 5.75 Å². The molecule has 0 fully saturated rings. The highest BCUT2D eigenvalue weighted by Gasteiger charge is 2.32. The van der Waals surface area contributed by atoms with Crippen molar-refractivity contribution in [3.05, 3.63) is 27.7 Å². The van der Waals surface area contributed by atoms with Crippen LogP contribution in [0.1, 0.15) is 19.4 Å². The number of esters is 2. The molecule has 0 aliphatic rings. The minimum Gasteiger partial charge on any atom is -0.458 e. The molecule has 0 aliphatic carbocycles. The van der Waals surface area contributed by atoms with Crippen molar-refractivity contribution in [2.75, 3.05) is 0 Å². The largest absolute Gasteiger partial charge is 0.458 e. The summed E-state index contributed by atoms with van der Waals surface area (Å²) >= 11 is 34.4. The van der Waals surface area contributed by atoms with Gasteiger partial charge in [0.15, 0.2) is 5.75 Å². The van der Waals surface area contributed by atoms with Gasteiger partial charge >= 0.3 is 11.9 Å². The molecule has 0 atom stereocenters. The van der Waals surface area contributed by atoms with Gasteiger partial charge in [0.05, 0.1) is 5.02 Å². The summed E-state index contributed by atoms with van der Waals surface area (Å²) in [4.78, 5) is 23.4. The van der Waals surface area contributed by atoms with Gasteiger partial charge in [0.25, 0.3) is 0 Å². The maximum atomic E-state index is 11.8. The number of hydrogen-bond acceptors (Lipinski definition) is 4. The number of hydrogen-bond donors (Lipinski definition) is 0. The highest BCUT2D eigenvalue weighted by molar-refractivity contribution is 6.57. The van der Waals surface area contributed by atoms with Crippen molar-refractivity contribution in [3.63, 3.8) is 0 Å². The van der Waals surface area contributed by atoms with Crippen LogP contribution in [0.2, 0.25) is 10.0 Å². The lowest BCUT2D eigenvalue weighted by molar-refractivity contribution is -0.145. The number of ether oxygens (including phenoxy) is 2. The normalized spacial score (nSPS) is 12.0. The summed E-state index contributed by atoms with van der Waals surface area (Å²) in [6, 6.07) is 2.73. The Balaban J connectivity index is 3.07. The summed E-state index contributed by atoms with van der Waals surface area (Å²) in [6.45, 7) is 2.14. The maximum Gasteiger partial charge on any atom is 0.347 e. The summed E-state index contributed by atoms with van der Waals surface area (Å²) in [5, 5.41) is 0.244. The van der Waals surface area contributed by atoms with E-state index in [1.807, 2.05) is 0 Å². The molecule has 0 heterocycles. The molecule has 0 bridgehead atoms. The van der Waals surface area contributed by atoms with E-state index in [0.717, 1.165) is 0 Å². The number of carbonyl (C=O) groups excluding carboxylic acids is 2. The van der Waals surface area contributed by atoms with Gasteiger partial charge in [0.2, 0.25) is 8.67 Å². The van der Waals surface area contributed by atoms with Crippen molar-refractivity contribution in [2.45, 2.75) is 29.1 Å². The molecule has 0 saturated heterocycles. The summed E-state index contributed by atoms with van der Waals surface area (Å²) in [6.07, 6.45) is 0. The zero-order valence-electron chi connectivity index (χ0n) is 11.8. The minimum atomic E-state index is -1.79. The molecular weight excluding hydrogens is 433 g/mol. The lowest BCUT2D eigenvalue weighted by atomic mass is 10.2. The summed E-state index contributed by atoms with van der Waals surface area (Å²) in [5.41, 5.74) is 0.208. The fourth-order valence-electron chi connectivity index (χ4n) is 1.29. The van der Waals surface area contributed by atoms with Crippen molar-refractivity contribution in [1.82, 2.24) is 0 Å². The summed E-state index contributed by atoms with van der Waals surface area (Å²) in [5.74, 6) is -1.95. The number of alkyl halides is 4. The molecule has 23 heavy (non-hydrogen) atoms. The van der Waals surface area contributed by atoms with Gasteiger partial charge in [0, 0.05) is 10.6 Å². The first-order valence-electron chi connectivity index (χ1n) is 5.95. The predicted octanol–water partition coefficient (Wildman–Crippen LogP) is 5.33. The zero-order valence-corrected chi connectivity index (χ0v) is 16.3. The van der Waals surface area contributed by atoms with Crippen LogP contribution in [-0.4, -0.2) is 20.6 Å². The van der Waals surface area contributed by atoms with Gasteiger partial charge in [-0.15, -0.1) is 0 Å². The van der Waals surface area contributed by atoms with Crippen LogP contribution in [-0.2, 0) is 20.9 Å². The molecule has 0 N–H and O–H groups in total. The van der Waals surface area contributed by atoms with Crippen LogP contribution in [0, 0.1) is 0 Å². The Morgan fingerprint density at radius 2 is 1.52 bits per heavy atom. The monoisotopic (exact) mass is 440 g/mol. The van der Waals surface area contributed by atoms with Crippen LogP contribution in [0.3, 0.4) is 0 Å². The molecule has 128 valence electrons. The van der Waals surface area contributed by atoms with E-state index >= 15 is 0 Å². The Labute approximate surface area is 162 Å². The van der Waals surface area contributed by atoms with E-state index in [9.17, 15) is 9.59 Å². The van der Waals surface area contributed by atoms with E-state index in [2.05, 4.69) is 0 Å². The first-order valence-corrected chi connectivity index (χ1v) is 8.22. The first-order chi connectivity index (χ1) is 10.3. The second kappa shape index (κ2) is 7.85. The van der Waals surface area contributed by atoms with E-state index < -0.39 is 20.6 Å². The third-order valence-electron chi connectivity index (χ3n) is 2.36. The topological polar surface area (TPSA) is 52.6 Å². The average molecular weight is 443 g/mol. The first kappa shape index (κ1) is 20.9. The van der Waals surface area contributed by atoms with E-state index in [0.29, 0.717) is 0 Å². The van der Waals surface area contributed by atoms with Gasteiger partial charge in [-0.2, -0.15) is 0 Å². The van der Waals surface area contributed by atoms with Gasteiger partial charge in [0.1, 0.15) is 6.61 Å². The lowest BCUT2D eigenvalue weighted by Gasteiger charge is -2.17. The van der Waals surface area contributed by atoms with Gasteiger partial charge in [-0.3, -0.25) is 0 Å². The van der Waals surface area contributed by atoms with Crippen molar-refractivity contribution in [3.8, 4) is 5.75 Å². The molecule has 0 aliphatic heterocycles. The molecule has 0 amide bonds. The molecule has 1 aromatic rings. The highest BCUT2D eigenvalue weighted by atomic mass is 35.5. The van der Waals surface area contributed by atoms with E-state index in [1.54, 1.807) is 0 Å². The highest BCUT2D eigenvalue weighted by Crippen LogP contribution is 2.35. The molecule has 4 nitrogen and oxygen atoms in total. The average Bonchev–Trinajstić information content (AvgIpc) is 2.36.